The molecule has 1 rings (SSSR count). The third kappa shape index (κ3) is 4.66. The van der Waals surface area contributed by atoms with Crippen molar-refractivity contribution in [3.63, 3.8) is 0 Å². The quantitative estimate of drug-likeness (QED) is 0.589. The molecule has 0 saturated carbocycles. The van der Waals surface area contributed by atoms with Gasteiger partial charge in [0.2, 0.25) is 0 Å². The minimum Gasteiger partial charge on any atom is -0.372 e. The summed E-state index contributed by atoms with van der Waals surface area (Å²) in [5.74, 6) is 0.384. The van der Waals surface area contributed by atoms with E-state index >= 15 is 0 Å². The van der Waals surface area contributed by atoms with Crippen LogP contribution in [0.1, 0.15) is 75.2 Å². The summed E-state index contributed by atoms with van der Waals surface area (Å²) in [6.45, 7) is 11.0. The molecule has 0 aliphatic heterocycles. The third-order valence-corrected chi connectivity index (χ3v) is 3.75. The summed E-state index contributed by atoms with van der Waals surface area (Å²) in [5, 5.41) is 0. The fourth-order valence-electron chi connectivity index (χ4n) is 2.43. The highest BCUT2D eigenvalue weighted by Gasteiger charge is 2.11. The Hall–Kier alpha value is -1.31. The highest BCUT2D eigenvalue weighted by Crippen LogP contribution is 2.25. The van der Waals surface area contributed by atoms with E-state index in [0.717, 1.165) is 30.5 Å². The van der Waals surface area contributed by atoms with Crippen LogP contribution in [0, 0.1) is 0 Å². The van der Waals surface area contributed by atoms with E-state index < -0.39 is 0 Å². The summed E-state index contributed by atoms with van der Waals surface area (Å²) in [5.41, 5.74) is 3.26. The first-order chi connectivity index (χ1) is 9.63. The summed E-state index contributed by atoms with van der Waals surface area (Å²) in [6.07, 6.45) is 5.84. The summed E-state index contributed by atoms with van der Waals surface area (Å²) in [4.78, 5) is 13.6. The second-order valence-corrected chi connectivity index (χ2v) is 5.78. The standard InChI is InChI=1S/C18H29NO/c1-5-7-11-19(12-8-6-2)17-10-9-16(14-20)18(13-17)15(3)4/h9-10,13-15H,5-8,11-12H2,1-4H3. The molecule has 0 aromatic heterocycles. The van der Waals surface area contributed by atoms with Crippen molar-refractivity contribution in [2.24, 2.45) is 0 Å². The largest absolute Gasteiger partial charge is 0.372 e. The van der Waals surface area contributed by atoms with E-state index in [1.807, 2.05) is 6.07 Å². The molecule has 0 saturated heterocycles. The van der Waals surface area contributed by atoms with Gasteiger partial charge in [-0.1, -0.05) is 40.5 Å². The number of unbranched alkanes of at least 4 members (excludes halogenated alkanes) is 2. The lowest BCUT2D eigenvalue weighted by Gasteiger charge is -2.26. The summed E-state index contributed by atoms with van der Waals surface area (Å²) in [7, 11) is 0. The number of anilines is 1. The Kier molecular flexibility index (Phi) is 7.35. The molecule has 0 aliphatic carbocycles. The molecule has 0 fully saturated rings. The van der Waals surface area contributed by atoms with E-state index in [1.54, 1.807) is 0 Å². The number of benzene rings is 1. The van der Waals surface area contributed by atoms with Gasteiger partial charge in [-0.25, -0.2) is 0 Å². The maximum atomic E-state index is 11.1. The van der Waals surface area contributed by atoms with Gasteiger partial charge in [0.15, 0.2) is 0 Å². The normalized spacial score (nSPS) is 10.8. The molecule has 0 atom stereocenters. The van der Waals surface area contributed by atoms with Gasteiger partial charge in [-0.05, 0) is 42.5 Å². The van der Waals surface area contributed by atoms with Crippen LogP contribution in [0.25, 0.3) is 0 Å². The second-order valence-electron chi connectivity index (χ2n) is 5.78. The molecular formula is C18H29NO. The van der Waals surface area contributed by atoms with Crippen LogP contribution in [0.4, 0.5) is 5.69 Å². The van der Waals surface area contributed by atoms with Gasteiger partial charge < -0.3 is 4.90 Å². The zero-order valence-corrected chi connectivity index (χ0v) is 13.5. The van der Waals surface area contributed by atoms with Crippen molar-refractivity contribution >= 4 is 12.0 Å². The zero-order chi connectivity index (χ0) is 15.0. The van der Waals surface area contributed by atoms with Crippen LogP contribution in [-0.4, -0.2) is 19.4 Å². The molecule has 2 nitrogen and oxygen atoms in total. The Bertz CT molecular complexity index is 404. The van der Waals surface area contributed by atoms with Gasteiger partial charge in [0.05, 0.1) is 0 Å². The van der Waals surface area contributed by atoms with Crippen LogP contribution in [0.15, 0.2) is 18.2 Å². The topological polar surface area (TPSA) is 20.3 Å². The second kappa shape index (κ2) is 8.78. The van der Waals surface area contributed by atoms with E-state index in [4.69, 9.17) is 0 Å². The average molecular weight is 275 g/mol. The molecule has 0 aliphatic rings. The molecule has 0 heterocycles. The smallest absolute Gasteiger partial charge is 0.150 e. The maximum absolute atomic E-state index is 11.1. The molecule has 1 aromatic carbocycles. The fraction of sp³-hybridized carbons (Fsp3) is 0.611. The van der Waals surface area contributed by atoms with E-state index in [-0.39, 0.29) is 0 Å². The Balaban J connectivity index is 2.99. The minimum atomic E-state index is 0.384. The Morgan fingerprint density at radius 3 is 2.15 bits per heavy atom. The zero-order valence-electron chi connectivity index (χ0n) is 13.5. The minimum absolute atomic E-state index is 0.384. The molecule has 0 unspecified atom stereocenters. The first-order valence-electron chi connectivity index (χ1n) is 7.98. The van der Waals surface area contributed by atoms with Crippen LogP contribution < -0.4 is 4.90 Å². The van der Waals surface area contributed by atoms with Crippen molar-refractivity contribution in [2.75, 3.05) is 18.0 Å². The lowest BCUT2D eigenvalue weighted by atomic mass is 9.97. The van der Waals surface area contributed by atoms with Crippen LogP contribution in [-0.2, 0) is 0 Å². The van der Waals surface area contributed by atoms with Crippen LogP contribution >= 0.6 is 0 Å². The van der Waals surface area contributed by atoms with E-state index in [9.17, 15) is 4.79 Å². The van der Waals surface area contributed by atoms with Gasteiger partial charge in [0.25, 0.3) is 0 Å². The number of carbonyl (C=O) groups excluding carboxylic acids is 1. The number of carbonyl (C=O) groups is 1. The van der Waals surface area contributed by atoms with Gasteiger partial charge in [0, 0.05) is 24.3 Å². The molecule has 2 heteroatoms. The van der Waals surface area contributed by atoms with Gasteiger partial charge in [0.1, 0.15) is 6.29 Å². The Labute approximate surface area is 124 Å². The highest BCUT2D eigenvalue weighted by atomic mass is 16.1. The van der Waals surface area contributed by atoms with Crippen molar-refractivity contribution in [1.29, 1.82) is 0 Å². The lowest BCUT2D eigenvalue weighted by Crippen LogP contribution is -2.25. The Morgan fingerprint density at radius 1 is 1.10 bits per heavy atom. The van der Waals surface area contributed by atoms with Crippen molar-refractivity contribution in [3.05, 3.63) is 29.3 Å². The molecule has 20 heavy (non-hydrogen) atoms. The number of hydrogen-bond acceptors (Lipinski definition) is 2. The third-order valence-electron chi connectivity index (χ3n) is 3.75. The predicted octanol–water partition coefficient (Wildman–Crippen LogP) is 5.03. The van der Waals surface area contributed by atoms with Crippen molar-refractivity contribution in [2.45, 2.75) is 59.3 Å². The Morgan fingerprint density at radius 2 is 1.70 bits per heavy atom. The summed E-state index contributed by atoms with van der Waals surface area (Å²) >= 11 is 0. The summed E-state index contributed by atoms with van der Waals surface area (Å²) < 4.78 is 0. The predicted molar refractivity (Wildman–Crippen MR) is 87.9 cm³/mol. The number of rotatable bonds is 9. The molecule has 1 aromatic rings. The SMILES string of the molecule is CCCCN(CCCC)c1ccc(C=O)c(C(C)C)c1. The van der Waals surface area contributed by atoms with Crippen LogP contribution in [0.3, 0.4) is 0 Å². The lowest BCUT2D eigenvalue weighted by molar-refractivity contribution is 0.112. The molecule has 0 spiro atoms. The van der Waals surface area contributed by atoms with Gasteiger partial charge in [-0.3, -0.25) is 4.79 Å². The molecule has 0 radical (unpaired) electrons. The van der Waals surface area contributed by atoms with Crippen LogP contribution in [0.2, 0.25) is 0 Å². The first kappa shape index (κ1) is 16.7. The summed E-state index contributed by atoms with van der Waals surface area (Å²) in [6, 6.07) is 6.28. The maximum Gasteiger partial charge on any atom is 0.150 e. The van der Waals surface area contributed by atoms with Crippen molar-refractivity contribution < 1.29 is 4.79 Å². The van der Waals surface area contributed by atoms with Gasteiger partial charge in [-0.15, -0.1) is 0 Å². The molecule has 0 N–H and O–H groups in total. The molecule has 0 amide bonds. The average Bonchev–Trinajstić information content (AvgIpc) is 2.46. The number of hydrogen-bond donors (Lipinski definition) is 0. The monoisotopic (exact) mass is 275 g/mol. The van der Waals surface area contributed by atoms with Crippen molar-refractivity contribution in [1.82, 2.24) is 0 Å². The number of aldehydes is 1. The van der Waals surface area contributed by atoms with Gasteiger partial charge >= 0.3 is 0 Å². The van der Waals surface area contributed by atoms with E-state index in [1.165, 1.54) is 31.4 Å². The molecule has 112 valence electrons. The van der Waals surface area contributed by atoms with E-state index in [0.29, 0.717) is 5.92 Å². The number of nitrogens with zero attached hydrogens (tertiary/aromatic N) is 1. The van der Waals surface area contributed by atoms with Crippen molar-refractivity contribution in [3.8, 4) is 0 Å². The van der Waals surface area contributed by atoms with Crippen LogP contribution in [0.5, 0.6) is 0 Å². The highest BCUT2D eigenvalue weighted by molar-refractivity contribution is 5.79. The molecular weight excluding hydrogens is 246 g/mol. The first-order valence-corrected chi connectivity index (χ1v) is 7.98. The molecule has 0 bridgehead atoms. The fourth-order valence-corrected chi connectivity index (χ4v) is 2.43. The van der Waals surface area contributed by atoms with E-state index in [2.05, 4.69) is 44.7 Å². The van der Waals surface area contributed by atoms with Gasteiger partial charge in [-0.2, -0.15) is 0 Å².